The summed E-state index contributed by atoms with van der Waals surface area (Å²) in [6, 6.07) is 0.712. The Morgan fingerprint density at radius 2 is 2.07 bits per heavy atom. The second-order valence-electron chi connectivity index (χ2n) is 5.17. The monoisotopic (exact) mass is 199 g/mol. The highest BCUT2D eigenvalue weighted by Gasteiger charge is 2.20. The van der Waals surface area contributed by atoms with Gasteiger partial charge in [0.25, 0.3) is 0 Å². The first-order chi connectivity index (χ1) is 6.59. The summed E-state index contributed by atoms with van der Waals surface area (Å²) < 4.78 is 0. The normalized spacial score (nSPS) is 29.8. The second-order valence-corrected chi connectivity index (χ2v) is 5.17. The molecular formula is C12H25NO. The van der Waals surface area contributed by atoms with Gasteiger partial charge in [-0.1, -0.05) is 20.8 Å². The fourth-order valence-electron chi connectivity index (χ4n) is 2.16. The zero-order valence-electron chi connectivity index (χ0n) is 9.79. The van der Waals surface area contributed by atoms with E-state index in [1.54, 1.807) is 0 Å². The van der Waals surface area contributed by atoms with Crippen molar-refractivity contribution in [1.82, 2.24) is 5.32 Å². The van der Waals surface area contributed by atoms with Crippen molar-refractivity contribution >= 4 is 0 Å². The molecule has 0 spiro atoms. The quantitative estimate of drug-likeness (QED) is 0.711. The Balaban J connectivity index is 2.04. The maximum absolute atomic E-state index is 9.61. The van der Waals surface area contributed by atoms with Crippen LogP contribution >= 0.6 is 0 Å². The zero-order chi connectivity index (χ0) is 10.6. The van der Waals surface area contributed by atoms with E-state index < -0.39 is 0 Å². The molecule has 0 aromatic heterocycles. The number of aliphatic hydroxyl groups is 1. The van der Waals surface area contributed by atoms with E-state index >= 15 is 0 Å². The first-order valence-electron chi connectivity index (χ1n) is 6.01. The Bertz CT molecular complexity index is 158. The maximum atomic E-state index is 9.61. The molecule has 14 heavy (non-hydrogen) atoms. The molecule has 0 saturated heterocycles. The summed E-state index contributed by atoms with van der Waals surface area (Å²) in [5.74, 6) is 1.28. The Morgan fingerprint density at radius 1 is 1.36 bits per heavy atom. The number of hydrogen-bond acceptors (Lipinski definition) is 2. The van der Waals surface area contributed by atoms with E-state index in [0.29, 0.717) is 12.0 Å². The molecule has 0 heterocycles. The van der Waals surface area contributed by atoms with Gasteiger partial charge in [0.1, 0.15) is 0 Å². The molecule has 84 valence electrons. The minimum Gasteiger partial charge on any atom is -0.393 e. The summed E-state index contributed by atoms with van der Waals surface area (Å²) in [6.45, 7) is 7.44. The van der Waals surface area contributed by atoms with Crippen LogP contribution < -0.4 is 5.32 Å². The lowest BCUT2D eigenvalue weighted by molar-refractivity contribution is 0.115. The first kappa shape index (κ1) is 12.0. The fraction of sp³-hybridized carbons (Fsp3) is 1.00. The van der Waals surface area contributed by atoms with Crippen molar-refractivity contribution in [3.63, 3.8) is 0 Å². The van der Waals surface area contributed by atoms with Crippen LogP contribution in [-0.4, -0.2) is 23.8 Å². The third-order valence-electron chi connectivity index (χ3n) is 3.34. The molecule has 1 aliphatic rings. The van der Waals surface area contributed by atoms with Crippen LogP contribution in [-0.2, 0) is 0 Å². The largest absolute Gasteiger partial charge is 0.393 e. The van der Waals surface area contributed by atoms with Gasteiger partial charge in [-0.05, 0) is 44.1 Å². The third kappa shape index (κ3) is 3.97. The van der Waals surface area contributed by atoms with Crippen molar-refractivity contribution in [2.24, 2.45) is 11.8 Å². The lowest BCUT2D eigenvalue weighted by Gasteiger charge is -2.17. The predicted octanol–water partition coefficient (Wildman–Crippen LogP) is 2.17. The smallest absolute Gasteiger partial charge is 0.0575 e. The summed E-state index contributed by atoms with van der Waals surface area (Å²) in [6.07, 6.45) is 4.75. The summed E-state index contributed by atoms with van der Waals surface area (Å²) in [4.78, 5) is 0. The average Bonchev–Trinajstić information content (AvgIpc) is 2.51. The predicted molar refractivity (Wildman–Crippen MR) is 60.3 cm³/mol. The van der Waals surface area contributed by atoms with Crippen molar-refractivity contribution in [1.29, 1.82) is 0 Å². The molecule has 2 heteroatoms. The highest BCUT2D eigenvalue weighted by molar-refractivity contribution is 4.78. The summed E-state index contributed by atoms with van der Waals surface area (Å²) in [7, 11) is 0. The molecular weight excluding hydrogens is 174 g/mol. The van der Waals surface area contributed by atoms with Crippen LogP contribution in [0.15, 0.2) is 0 Å². The lowest BCUT2D eigenvalue weighted by atomic mass is 10.0. The van der Waals surface area contributed by atoms with Crippen molar-refractivity contribution in [3.8, 4) is 0 Å². The molecule has 0 amide bonds. The van der Waals surface area contributed by atoms with Crippen molar-refractivity contribution in [2.75, 3.05) is 6.54 Å². The third-order valence-corrected chi connectivity index (χ3v) is 3.34. The molecule has 1 fully saturated rings. The molecule has 1 aliphatic carbocycles. The molecule has 2 N–H and O–H groups in total. The molecule has 0 aromatic rings. The molecule has 2 nitrogen and oxygen atoms in total. The van der Waals surface area contributed by atoms with Gasteiger partial charge in [0, 0.05) is 6.04 Å². The Labute approximate surface area is 88.1 Å². The Kier molecular flexibility index (Phi) is 4.90. The van der Waals surface area contributed by atoms with E-state index in [1.165, 1.54) is 19.3 Å². The molecule has 3 atom stereocenters. The van der Waals surface area contributed by atoms with E-state index in [9.17, 15) is 5.11 Å². The Hall–Kier alpha value is -0.0800. The van der Waals surface area contributed by atoms with Crippen LogP contribution in [0.2, 0.25) is 0 Å². The number of aliphatic hydroxyl groups excluding tert-OH is 1. The van der Waals surface area contributed by atoms with Crippen LogP contribution in [0.3, 0.4) is 0 Å². The van der Waals surface area contributed by atoms with Crippen LogP contribution in [0.25, 0.3) is 0 Å². The SMILES string of the molecule is CC1CCC(NCCC(O)C(C)C)C1. The van der Waals surface area contributed by atoms with Crippen molar-refractivity contribution in [2.45, 2.75) is 58.6 Å². The highest BCUT2D eigenvalue weighted by Crippen LogP contribution is 2.24. The minimum atomic E-state index is -0.138. The molecule has 0 radical (unpaired) electrons. The van der Waals surface area contributed by atoms with Crippen molar-refractivity contribution in [3.05, 3.63) is 0 Å². The molecule has 0 aromatic carbocycles. The van der Waals surface area contributed by atoms with E-state index in [2.05, 4.69) is 26.1 Å². The number of rotatable bonds is 5. The molecule has 1 rings (SSSR count). The van der Waals surface area contributed by atoms with E-state index in [4.69, 9.17) is 0 Å². The van der Waals surface area contributed by atoms with E-state index in [0.717, 1.165) is 18.9 Å². The summed E-state index contributed by atoms with van der Waals surface area (Å²) in [5.41, 5.74) is 0. The maximum Gasteiger partial charge on any atom is 0.0575 e. The minimum absolute atomic E-state index is 0.138. The van der Waals surface area contributed by atoms with Gasteiger partial charge in [0.15, 0.2) is 0 Å². The van der Waals surface area contributed by atoms with Crippen LogP contribution in [0.1, 0.15) is 46.5 Å². The lowest BCUT2D eigenvalue weighted by Crippen LogP contribution is -2.30. The van der Waals surface area contributed by atoms with Crippen LogP contribution in [0.4, 0.5) is 0 Å². The van der Waals surface area contributed by atoms with E-state index in [1.807, 2.05) is 0 Å². The summed E-state index contributed by atoms with van der Waals surface area (Å²) in [5, 5.41) is 13.2. The van der Waals surface area contributed by atoms with Gasteiger partial charge in [-0.25, -0.2) is 0 Å². The zero-order valence-corrected chi connectivity index (χ0v) is 9.79. The fourth-order valence-corrected chi connectivity index (χ4v) is 2.16. The van der Waals surface area contributed by atoms with Crippen LogP contribution in [0, 0.1) is 11.8 Å². The van der Waals surface area contributed by atoms with Gasteiger partial charge in [0.05, 0.1) is 6.10 Å². The Morgan fingerprint density at radius 3 is 2.57 bits per heavy atom. The second kappa shape index (κ2) is 5.72. The van der Waals surface area contributed by atoms with Gasteiger partial charge in [0.2, 0.25) is 0 Å². The standard InChI is InChI=1S/C12H25NO/c1-9(2)12(14)6-7-13-11-5-4-10(3)8-11/h9-14H,4-8H2,1-3H3. The molecule has 1 saturated carbocycles. The summed E-state index contributed by atoms with van der Waals surface area (Å²) >= 11 is 0. The van der Waals surface area contributed by atoms with Crippen LogP contribution in [0.5, 0.6) is 0 Å². The van der Waals surface area contributed by atoms with Crippen molar-refractivity contribution < 1.29 is 5.11 Å². The van der Waals surface area contributed by atoms with Gasteiger partial charge >= 0.3 is 0 Å². The number of nitrogens with one attached hydrogen (secondary N) is 1. The van der Waals surface area contributed by atoms with Gasteiger partial charge < -0.3 is 10.4 Å². The topological polar surface area (TPSA) is 32.3 Å². The molecule has 3 unspecified atom stereocenters. The van der Waals surface area contributed by atoms with Gasteiger partial charge in [-0.2, -0.15) is 0 Å². The average molecular weight is 199 g/mol. The van der Waals surface area contributed by atoms with E-state index in [-0.39, 0.29) is 6.10 Å². The van der Waals surface area contributed by atoms with Gasteiger partial charge in [-0.15, -0.1) is 0 Å². The molecule has 0 aliphatic heterocycles. The first-order valence-corrected chi connectivity index (χ1v) is 6.01. The number of hydrogen-bond donors (Lipinski definition) is 2. The van der Waals surface area contributed by atoms with Gasteiger partial charge in [-0.3, -0.25) is 0 Å². The molecule has 0 bridgehead atoms. The highest BCUT2D eigenvalue weighted by atomic mass is 16.3.